The molecule has 2 aromatic carbocycles. The zero-order valence-electron chi connectivity index (χ0n) is 17.0. The third kappa shape index (κ3) is 4.48. The van der Waals surface area contributed by atoms with Gasteiger partial charge in [0.2, 0.25) is 21.8 Å². The van der Waals surface area contributed by atoms with Gasteiger partial charge in [-0.15, -0.1) is 10.2 Å². The van der Waals surface area contributed by atoms with Gasteiger partial charge >= 0.3 is 0 Å². The van der Waals surface area contributed by atoms with Crippen LogP contribution in [0.2, 0.25) is 5.02 Å². The second-order valence-electron chi connectivity index (χ2n) is 7.46. The van der Waals surface area contributed by atoms with Gasteiger partial charge < -0.3 is 9.32 Å². The van der Waals surface area contributed by atoms with Gasteiger partial charge in [0.25, 0.3) is 5.91 Å². The van der Waals surface area contributed by atoms with E-state index >= 15 is 0 Å². The Labute approximate surface area is 185 Å². The van der Waals surface area contributed by atoms with Crippen molar-refractivity contribution in [2.45, 2.75) is 30.3 Å². The fraction of sp³-hybridized carbons (Fsp3) is 0.286. The van der Waals surface area contributed by atoms with E-state index in [1.807, 2.05) is 6.07 Å². The second-order valence-corrected chi connectivity index (χ2v) is 10.0. The number of benzene rings is 2. The van der Waals surface area contributed by atoms with Crippen LogP contribution in [-0.4, -0.2) is 53.9 Å². The molecular weight excluding hydrogens is 440 g/mol. The summed E-state index contributed by atoms with van der Waals surface area (Å²) in [5.74, 6) is 0.283. The van der Waals surface area contributed by atoms with E-state index in [9.17, 15) is 13.2 Å². The van der Waals surface area contributed by atoms with E-state index in [1.165, 1.54) is 26.2 Å². The Morgan fingerprint density at radius 2 is 1.87 bits per heavy atom. The quantitative estimate of drug-likeness (QED) is 0.535. The smallest absolute Gasteiger partial charge is 0.254 e. The van der Waals surface area contributed by atoms with Crippen molar-refractivity contribution in [3.05, 3.63) is 65.0 Å². The molecule has 8 nitrogen and oxygen atoms in total. The van der Waals surface area contributed by atoms with Gasteiger partial charge in [-0.2, -0.15) is 0 Å². The SMILES string of the molecule is CN(C)S(=O)(=O)c1cccc(C(=O)N(Cc2nnc(-c3ccccc3Cl)o2)C2CC2)c1. The Balaban J connectivity index is 1.58. The standard InChI is InChI=1S/C21H21ClN4O4S/c1-25(2)31(28,29)16-7-5-6-14(12-16)21(27)26(15-10-11-15)13-19-23-24-20(30-19)17-8-3-4-9-18(17)22/h3-9,12,15H,10-11,13H2,1-2H3. The van der Waals surface area contributed by atoms with Gasteiger partial charge in [0, 0.05) is 25.7 Å². The molecule has 3 aromatic rings. The van der Waals surface area contributed by atoms with E-state index < -0.39 is 10.0 Å². The summed E-state index contributed by atoms with van der Waals surface area (Å²) in [5.41, 5.74) is 0.912. The molecule has 1 amide bonds. The maximum Gasteiger partial charge on any atom is 0.254 e. The highest BCUT2D eigenvalue weighted by Crippen LogP contribution is 2.31. The molecule has 162 valence electrons. The van der Waals surface area contributed by atoms with Crippen LogP contribution in [0.5, 0.6) is 0 Å². The first kappa shape index (κ1) is 21.5. The first-order chi connectivity index (χ1) is 14.8. The normalized spacial score (nSPS) is 14.1. The number of aromatic nitrogens is 2. The summed E-state index contributed by atoms with van der Waals surface area (Å²) in [6.45, 7) is 0.131. The number of amides is 1. The fourth-order valence-corrected chi connectivity index (χ4v) is 4.29. The number of nitrogens with zero attached hydrogens (tertiary/aromatic N) is 4. The lowest BCUT2D eigenvalue weighted by Gasteiger charge is -2.21. The Kier molecular flexibility index (Phi) is 5.83. The van der Waals surface area contributed by atoms with Crippen LogP contribution >= 0.6 is 11.6 Å². The molecule has 1 fully saturated rings. The highest BCUT2D eigenvalue weighted by Gasteiger charge is 2.34. The van der Waals surface area contributed by atoms with E-state index in [1.54, 1.807) is 35.2 Å². The first-order valence-electron chi connectivity index (χ1n) is 9.68. The number of carbonyl (C=O) groups excluding carboxylic acids is 1. The molecule has 0 atom stereocenters. The number of hydrogen-bond donors (Lipinski definition) is 0. The largest absolute Gasteiger partial charge is 0.419 e. The summed E-state index contributed by atoms with van der Waals surface area (Å²) in [4.78, 5) is 14.9. The Bertz CT molecular complexity index is 1220. The summed E-state index contributed by atoms with van der Waals surface area (Å²) >= 11 is 6.19. The van der Waals surface area contributed by atoms with Crippen molar-refractivity contribution in [1.29, 1.82) is 0 Å². The summed E-state index contributed by atoms with van der Waals surface area (Å²) < 4.78 is 31.7. The predicted molar refractivity (Wildman–Crippen MR) is 115 cm³/mol. The topological polar surface area (TPSA) is 96.6 Å². The Morgan fingerprint density at radius 1 is 1.13 bits per heavy atom. The van der Waals surface area contributed by atoms with Gasteiger partial charge in [-0.3, -0.25) is 4.79 Å². The van der Waals surface area contributed by atoms with Crippen molar-refractivity contribution >= 4 is 27.5 Å². The highest BCUT2D eigenvalue weighted by molar-refractivity contribution is 7.89. The van der Waals surface area contributed by atoms with Gasteiger partial charge in [0.05, 0.1) is 22.0 Å². The van der Waals surface area contributed by atoms with Crippen molar-refractivity contribution in [2.75, 3.05) is 14.1 Å². The van der Waals surface area contributed by atoms with Crippen molar-refractivity contribution in [3.8, 4) is 11.5 Å². The van der Waals surface area contributed by atoms with Crippen molar-refractivity contribution in [3.63, 3.8) is 0 Å². The minimum Gasteiger partial charge on any atom is -0.419 e. The molecular formula is C21H21ClN4O4S. The molecule has 1 aromatic heterocycles. The fourth-order valence-electron chi connectivity index (χ4n) is 3.13. The van der Waals surface area contributed by atoms with Crippen molar-refractivity contribution in [2.24, 2.45) is 0 Å². The van der Waals surface area contributed by atoms with Gasteiger partial charge in [-0.05, 0) is 43.2 Å². The zero-order valence-corrected chi connectivity index (χ0v) is 18.6. The molecule has 1 heterocycles. The minimum atomic E-state index is -3.64. The van der Waals surface area contributed by atoms with Crippen LogP contribution in [0.1, 0.15) is 29.1 Å². The van der Waals surface area contributed by atoms with Crippen LogP contribution in [0.3, 0.4) is 0 Å². The van der Waals surface area contributed by atoms with E-state index in [0.717, 1.165) is 17.1 Å². The molecule has 31 heavy (non-hydrogen) atoms. The molecule has 0 N–H and O–H groups in total. The van der Waals surface area contributed by atoms with Crippen molar-refractivity contribution < 1.29 is 17.6 Å². The molecule has 4 rings (SSSR count). The maximum absolute atomic E-state index is 13.2. The average Bonchev–Trinajstić information content (AvgIpc) is 3.50. The number of halogens is 1. The molecule has 1 saturated carbocycles. The summed E-state index contributed by atoms with van der Waals surface area (Å²) in [7, 11) is -0.743. The lowest BCUT2D eigenvalue weighted by atomic mass is 10.2. The summed E-state index contributed by atoms with van der Waals surface area (Å²) in [6.07, 6.45) is 1.74. The molecule has 0 spiro atoms. The van der Waals surface area contributed by atoms with Crippen LogP contribution in [0, 0.1) is 0 Å². The van der Waals surface area contributed by atoms with Crippen LogP contribution in [0.4, 0.5) is 0 Å². The summed E-state index contributed by atoms with van der Waals surface area (Å²) in [6, 6.07) is 13.2. The Hall–Kier alpha value is -2.75. The number of hydrogen-bond acceptors (Lipinski definition) is 6. The highest BCUT2D eigenvalue weighted by atomic mass is 35.5. The minimum absolute atomic E-state index is 0.0530. The van der Waals surface area contributed by atoms with Gasteiger partial charge in [-0.25, -0.2) is 12.7 Å². The lowest BCUT2D eigenvalue weighted by molar-refractivity contribution is 0.0714. The van der Waals surface area contributed by atoms with Crippen molar-refractivity contribution in [1.82, 2.24) is 19.4 Å². The van der Waals surface area contributed by atoms with E-state index in [0.29, 0.717) is 16.1 Å². The van der Waals surface area contributed by atoms with Gasteiger partial charge in [0.15, 0.2) is 0 Å². The number of rotatable bonds is 7. The molecule has 0 aliphatic heterocycles. The van der Waals surface area contributed by atoms with Crippen LogP contribution in [0.15, 0.2) is 57.8 Å². The van der Waals surface area contributed by atoms with E-state index in [4.69, 9.17) is 16.0 Å². The van der Waals surface area contributed by atoms with Crippen LogP contribution in [0.25, 0.3) is 11.5 Å². The van der Waals surface area contributed by atoms with E-state index in [2.05, 4.69) is 10.2 Å². The molecule has 0 radical (unpaired) electrons. The van der Waals surface area contributed by atoms with E-state index in [-0.39, 0.29) is 35.2 Å². The number of sulfonamides is 1. The molecule has 1 aliphatic rings. The maximum atomic E-state index is 13.2. The average molecular weight is 461 g/mol. The third-order valence-corrected chi connectivity index (χ3v) is 7.13. The monoisotopic (exact) mass is 460 g/mol. The number of carbonyl (C=O) groups is 1. The van der Waals surface area contributed by atoms with Crippen LogP contribution < -0.4 is 0 Å². The zero-order chi connectivity index (χ0) is 22.2. The predicted octanol–water partition coefficient (Wildman–Crippen LogP) is 3.45. The molecule has 1 aliphatic carbocycles. The third-order valence-electron chi connectivity index (χ3n) is 4.98. The van der Waals surface area contributed by atoms with Gasteiger partial charge in [-0.1, -0.05) is 29.8 Å². The molecule has 0 saturated heterocycles. The molecule has 10 heteroatoms. The lowest BCUT2D eigenvalue weighted by Crippen LogP contribution is -2.33. The summed E-state index contributed by atoms with van der Waals surface area (Å²) in [5, 5.41) is 8.61. The second kappa shape index (κ2) is 8.41. The molecule has 0 bridgehead atoms. The first-order valence-corrected chi connectivity index (χ1v) is 11.5. The van der Waals surface area contributed by atoms with Crippen LogP contribution in [-0.2, 0) is 16.6 Å². The molecule has 0 unspecified atom stereocenters. The van der Waals surface area contributed by atoms with Gasteiger partial charge in [0.1, 0.15) is 0 Å². The Morgan fingerprint density at radius 3 is 2.55 bits per heavy atom.